The number of ether oxygens (including phenoxy) is 2. The number of hydrogen-bond donors (Lipinski definition) is 0. The van der Waals surface area contributed by atoms with Gasteiger partial charge in [-0.3, -0.25) is 9.59 Å². The summed E-state index contributed by atoms with van der Waals surface area (Å²) in [4.78, 5) is 27.9. The molecular formula is C25H23NO4. The van der Waals surface area contributed by atoms with Crippen molar-refractivity contribution in [2.45, 2.75) is 18.9 Å². The summed E-state index contributed by atoms with van der Waals surface area (Å²) in [5.41, 5.74) is 1.63. The first-order valence-corrected chi connectivity index (χ1v) is 9.95. The highest BCUT2D eigenvalue weighted by Gasteiger charge is 2.42. The Balaban J connectivity index is 1.71. The minimum atomic E-state index is -0.479. The van der Waals surface area contributed by atoms with Crippen LogP contribution in [0.1, 0.15) is 24.4 Å². The van der Waals surface area contributed by atoms with E-state index in [0.717, 1.165) is 11.3 Å². The van der Waals surface area contributed by atoms with E-state index < -0.39 is 12.0 Å². The van der Waals surface area contributed by atoms with Crippen LogP contribution >= 0.6 is 0 Å². The third kappa shape index (κ3) is 4.06. The molecule has 2 atom stereocenters. The summed E-state index contributed by atoms with van der Waals surface area (Å²) in [5, 5.41) is 0. The molecule has 0 saturated carbocycles. The molecule has 0 bridgehead atoms. The standard InChI is InChI=1S/C25H23NO4/c1-29-20-14-12-19(13-15-20)26-23(27)17-16-22(24(26)18-8-4-2-5-9-18)25(28)30-21-10-6-3-7-11-21/h2-15,22,24H,16-17H2,1H3/t22-,24+/m0/s1. The Morgan fingerprint density at radius 3 is 2.13 bits per heavy atom. The van der Waals surface area contributed by atoms with Gasteiger partial charge in [0.05, 0.1) is 19.1 Å². The second kappa shape index (κ2) is 8.82. The van der Waals surface area contributed by atoms with Gasteiger partial charge in [0.2, 0.25) is 5.91 Å². The summed E-state index contributed by atoms with van der Waals surface area (Å²) in [6, 6.07) is 25.6. The Labute approximate surface area is 175 Å². The number of methoxy groups -OCH3 is 1. The van der Waals surface area contributed by atoms with Crippen LogP contribution in [0.5, 0.6) is 11.5 Å². The third-order valence-electron chi connectivity index (χ3n) is 5.35. The van der Waals surface area contributed by atoms with Gasteiger partial charge in [-0.05, 0) is 48.4 Å². The highest BCUT2D eigenvalue weighted by atomic mass is 16.5. The summed E-state index contributed by atoms with van der Waals surface area (Å²) in [7, 11) is 1.60. The SMILES string of the molecule is COc1ccc(N2C(=O)CC[C@H](C(=O)Oc3ccccc3)[C@H]2c2ccccc2)cc1. The number of anilines is 1. The van der Waals surface area contributed by atoms with Crippen molar-refractivity contribution in [3.05, 3.63) is 90.5 Å². The Hall–Kier alpha value is -3.60. The second-order valence-electron chi connectivity index (χ2n) is 7.20. The summed E-state index contributed by atoms with van der Waals surface area (Å²) in [6.45, 7) is 0. The van der Waals surface area contributed by atoms with Crippen LogP contribution in [0.3, 0.4) is 0 Å². The minimum Gasteiger partial charge on any atom is -0.497 e. The maximum Gasteiger partial charge on any atom is 0.316 e. The Kier molecular flexibility index (Phi) is 5.80. The predicted molar refractivity (Wildman–Crippen MR) is 114 cm³/mol. The van der Waals surface area contributed by atoms with Crippen molar-refractivity contribution in [3.63, 3.8) is 0 Å². The molecular weight excluding hydrogens is 378 g/mol. The lowest BCUT2D eigenvalue weighted by Gasteiger charge is -2.40. The van der Waals surface area contributed by atoms with Gasteiger partial charge in [-0.25, -0.2) is 0 Å². The van der Waals surface area contributed by atoms with Gasteiger partial charge in [0.1, 0.15) is 11.5 Å². The van der Waals surface area contributed by atoms with Gasteiger partial charge in [-0.15, -0.1) is 0 Å². The van der Waals surface area contributed by atoms with Crippen molar-refractivity contribution in [2.75, 3.05) is 12.0 Å². The van der Waals surface area contributed by atoms with Crippen molar-refractivity contribution in [2.24, 2.45) is 5.92 Å². The number of hydrogen-bond acceptors (Lipinski definition) is 4. The normalized spacial score (nSPS) is 18.7. The van der Waals surface area contributed by atoms with Crippen molar-refractivity contribution in [1.29, 1.82) is 0 Å². The quantitative estimate of drug-likeness (QED) is 0.456. The molecule has 5 heteroatoms. The molecule has 1 aliphatic rings. The average Bonchev–Trinajstić information content (AvgIpc) is 2.80. The first-order chi connectivity index (χ1) is 14.7. The van der Waals surface area contributed by atoms with Crippen molar-refractivity contribution in [3.8, 4) is 11.5 Å². The van der Waals surface area contributed by atoms with Crippen molar-refractivity contribution in [1.82, 2.24) is 0 Å². The topological polar surface area (TPSA) is 55.8 Å². The summed E-state index contributed by atoms with van der Waals surface area (Å²) in [5.74, 6) is 0.382. The molecule has 152 valence electrons. The number of para-hydroxylation sites is 1. The van der Waals surface area contributed by atoms with Crippen LogP contribution in [0.15, 0.2) is 84.9 Å². The number of esters is 1. The predicted octanol–water partition coefficient (Wildman–Crippen LogP) is 4.79. The lowest BCUT2D eigenvalue weighted by molar-refractivity contribution is -0.141. The average molecular weight is 401 g/mol. The van der Waals surface area contributed by atoms with Gasteiger partial charge in [-0.2, -0.15) is 0 Å². The molecule has 4 rings (SSSR count). The number of rotatable bonds is 5. The van der Waals surface area contributed by atoms with E-state index in [1.165, 1.54) is 0 Å². The lowest BCUT2D eigenvalue weighted by Crippen LogP contribution is -2.46. The maximum atomic E-state index is 13.2. The van der Waals surface area contributed by atoms with Crippen LogP contribution in [0.25, 0.3) is 0 Å². The first-order valence-electron chi connectivity index (χ1n) is 9.95. The van der Waals surface area contributed by atoms with Crippen LogP contribution in [0.2, 0.25) is 0 Å². The van der Waals surface area contributed by atoms with E-state index >= 15 is 0 Å². The number of carbonyl (C=O) groups is 2. The van der Waals surface area contributed by atoms with Crippen LogP contribution in [0.4, 0.5) is 5.69 Å². The molecule has 0 spiro atoms. The molecule has 1 heterocycles. The van der Waals surface area contributed by atoms with Gasteiger partial charge in [-0.1, -0.05) is 48.5 Å². The number of benzene rings is 3. The Bertz CT molecular complexity index is 1000. The molecule has 0 radical (unpaired) electrons. The first kappa shape index (κ1) is 19.7. The van der Waals surface area contributed by atoms with Gasteiger partial charge < -0.3 is 14.4 Å². The van der Waals surface area contributed by atoms with Crippen molar-refractivity contribution < 1.29 is 19.1 Å². The van der Waals surface area contributed by atoms with Gasteiger partial charge >= 0.3 is 5.97 Å². The number of piperidine rings is 1. The molecule has 0 N–H and O–H groups in total. The summed E-state index contributed by atoms with van der Waals surface area (Å²) < 4.78 is 10.9. The van der Waals surface area contributed by atoms with Crippen LogP contribution in [-0.4, -0.2) is 19.0 Å². The molecule has 1 aliphatic heterocycles. The number of nitrogens with zero attached hydrogens (tertiary/aromatic N) is 1. The zero-order valence-electron chi connectivity index (χ0n) is 16.7. The Morgan fingerprint density at radius 1 is 0.867 bits per heavy atom. The Morgan fingerprint density at radius 2 is 1.50 bits per heavy atom. The summed E-state index contributed by atoms with van der Waals surface area (Å²) >= 11 is 0. The zero-order valence-corrected chi connectivity index (χ0v) is 16.7. The highest BCUT2D eigenvalue weighted by Crippen LogP contribution is 2.41. The maximum absolute atomic E-state index is 13.2. The van der Waals surface area contributed by atoms with E-state index in [4.69, 9.17) is 9.47 Å². The fourth-order valence-corrected chi connectivity index (χ4v) is 3.90. The van der Waals surface area contributed by atoms with E-state index in [0.29, 0.717) is 17.9 Å². The molecule has 1 saturated heterocycles. The van der Waals surface area contributed by atoms with Gasteiger partial charge in [0.15, 0.2) is 0 Å². The zero-order chi connectivity index (χ0) is 20.9. The molecule has 3 aromatic rings. The van der Waals surface area contributed by atoms with E-state index in [1.54, 1.807) is 24.1 Å². The molecule has 1 fully saturated rings. The molecule has 0 aromatic heterocycles. The van der Waals surface area contributed by atoms with Crippen LogP contribution < -0.4 is 14.4 Å². The van der Waals surface area contributed by atoms with E-state index in [9.17, 15) is 9.59 Å². The second-order valence-corrected chi connectivity index (χ2v) is 7.20. The van der Waals surface area contributed by atoms with Crippen molar-refractivity contribution >= 4 is 17.6 Å². The third-order valence-corrected chi connectivity index (χ3v) is 5.35. The van der Waals surface area contributed by atoms with Gasteiger partial charge in [0, 0.05) is 12.1 Å². The highest BCUT2D eigenvalue weighted by molar-refractivity contribution is 5.97. The summed E-state index contributed by atoms with van der Waals surface area (Å²) in [6.07, 6.45) is 0.723. The molecule has 0 aliphatic carbocycles. The monoisotopic (exact) mass is 401 g/mol. The van der Waals surface area contributed by atoms with E-state index in [1.807, 2.05) is 72.8 Å². The fourth-order valence-electron chi connectivity index (χ4n) is 3.90. The van der Waals surface area contributed by atoms with E-state index in [2.05, 4.69) is 0 Å². The molecule has 30 heavy (non-hydrogen) atoms. The minimum absolute atomic E-state index is 0.0159. The number of amides is 1. The fraction of sp³-hybridized carbons (Fsp3) is 0.200. The molecule has 3 aromatic carbocycles. The van der Waals surface area contributed by atoms with E-state index in [-0.39, 0.29) is 18.3 Å². The largest absolute Gasteiger partial charge is 0.497 e. The lowest BCUT2D eigenvalue weighted by atomic mass is 9.84. The number of carbonyl (C=O) groups excluding carboxylic acids is 2. The van der Waals surface area contributed by atoms with Gasteiger partial charge in [0.25, 0.3) is 0 Å². The smallest absolute Gasteiger partial charge is 0.316 e. The molecule has 1 amide bonds. The van der Waals surface area contributed by atoms with Crippen LogP contribution in [0, 0.1) is 5.92 Å². The molecule has 5 nitrogen and oxygen atoms in total. The molecule has 0 unspecified atom stereocenters. The van der Waals surface area contributed by atoms with Crippen LogP contribution in [-0.2, 0) is 9.59 Å².